The summed E-state index contributed by atoms with van der Waals surface area (Å²) in [5.41, 5.74) is -0.0135. The number of anilines is 1. The van der Waals surface area contributed by atoms with Crippen molar-refractivity contribution in [3.05, 3.63) is 12.0 Å². The van der Waals surface area contributed by atoms with Crippen LogP contribution in [0.5, 0.6) is 0 Å². The van der Waals surface area contributed by atoms with E-state index in [1.165, 1.54) is 6.26 Å². The molecule has 0 aliphatic carbocycles. The molecular weight excluding hydrogens is 216 g/mol. The minimum atomic E-state index is -1.04. The van der Waals surface area contributed by atoms with Crippen molar-refractivity contribution in [3.63, 3.8) is 0 Å². The van der Waals surface area contributed by atoms with Gasteiger partial charge in [0.1, 0.15) is 6.26 Å². The van der Waals surface area contributed by atoms with Gasteiger partial charge in [0.15, 0.2) is 5.69 Å². The summed E-state index contributed by atoms with van der Waals surface area (Å²) in [6, 6.07) is 0.931. The van der Waals surface area contributed by atoms with Gasteiger partial charge in [-0.05, 0) is 6.42 Å². The molecule has 80 valence electrons. The third-order valence-electron chi connectivity index (χ3n) is 2.86. The predicted octanol–water partition coefficient (Wildman–Crippen LogP) is 1.07. The zero-order valence-corrected chi connectivity index (χ0v) is 8.74. The predicted molar refractivity (Wildman–Crippen MR) is 55.5 cm³/mol. The lowest BCUT2D eigenvalue weighted by Gasteiger charge is -2.24. The Hall–Kier alpha value is -1.17. The molecule has 1 aromatic rings. The summed E-state index contributed by atoms with van der Waals surface area (Å²) in [4.78, 5) is 16.7. The molecule has 0 spiro atoms. The smallest absolute Gasteiger partial charge is 0.357 e. The van der Waals surface area contributed by atoms with Gasteiger partial charge in [0.05, 0.1) is 0 Å². The lowest BCUT2D eigenvalue weighted by molar-refractivity contribution is 0.0690. The highest BCUT2D eigenvalue weighted by Gasteiger charge is 2.40. The summed E-state index contributed by atoms with van der Waals surface area (Å²) in [6.45, 7) is 0.926. The molecule has 2 atom stereocenters. The van der Waals surface area contributed by atoms with Crippen LogP contribution in [0.25, 0.3) is 0 Å². The second kappa shape index (κ2) is 3.16. The molecule has 0 saturated carbocycles. The number of hydrogen-bond acceptors (Lipinski definition) is 5. The Bertz CT molecular complexity index is 406. The number of thioether (sulfide) groups is 1. The van der Waals surface area contributed by atoms with Crippen molar-refractivity contribution < 1.29 is 14.3 Å². The van der Waals surface area contributed by atoms with Gasteiger partial charge in [-0.3, -0.25) is 0 Å². The largest absolute Gasteiger partial charge is 0.476 e. The number of oxazole rings is 1. The van der Waals surface area contributed by atoms with Crippen LogP contribution in [0.1, 0.15) is 16.9 Å². The van der Waals surface area contributed by atoms with Crippen molar-refractivity contribution in [1.29, 1.82) is 0 Å². The highest BCUT2D eigenvalue weighted by molar-refractivity contribution is 8.00. The standard InChI is InChI=1S/C9H10N2O3S/c12-8(13)7-3-14-9(10-7)11-2-6-1-5(11)4-15-6/h3,5-6H,1-2,4H2,(H,12,13). The molecule has 1 N–H and O–H groups in total. The molecule has 1 aromatic heterocycles. The molecule has 6 heteroatoms. The molecule has 2 saturated heterocycles. The summed E-state index contributed by atoms with van der Waals surface area (Å²) in [6.07, 6.45) is 2.37. The number of rotatable bonds is 2. The van der Waals surface area contributed by atoms with Crippen LogP contribution < -0.4 is 4.90 Å². The van der Waals surface area contributed by atoms with E-state index in [0.717, 1.165) is 18.7 Å². The van der Waals surface area contributed by atoms with Crippen LogP contribution >= 0.6 is 11.8 Å². The van der Waals surface area contributed by atoms with E-state index in [-0.39, 0.29) is 5.69 Å². The molecule has 2 aliphatic heterocycles. The molecule has 15 heavy (non-hydrogen) atoms. The molecule has 2 bridgehead atoms. The van der Waals surface area contributed by atoms with Gasteiger partial charge < -0.3 is 14.4 Å². The molecule has 2 aliphatic rings. The van der Waals surface area contributed by atoms with E-state index in [1.54, 1.807) is 0 Å². The van der Waals surface area contributed by atoms with Crippen molar-refractivity contribution in [2.75, 3.05) is 17.2 Å². The Morgan fingerprint density at radius 1 is 1.73 bits per heavy atom. The zero-order valence-electron chi connectivity index (χ0n) is 7.92. The monoisotopic (exact) mass is 226 g/mol. The first-order valence-electron chi connectivity index (χ1n) is 4.81. The average Bonchev–Trinajstić information content (AvgIpc) is 2.93. The number of aromatic carboxylic acids is 1. The van der Waals surface area contributed by atoms with Gasteiger partial charge in [-0.25, -0.2) is 4.79 Å². The maximum absolute atomic E-state index is 10.6. The van der Waals surface area contributed by atoms with Gasteiger partial charge in [0, 0.05) is 23.6 Å². The van der Waals surface area contributed by atoms with Crippen LogP contribution in [0, 0.1) is 0 Å². The minimum absolute atomic E-state index is 0.0135. The van der Waals surface area contributed by atoms with Crippen LogP contribution in [0.15, 0.2) is 10.7 Å². The van der Waals surface area contributed by atoms with E-state index in [2.05, 4.69) is 9.88 Å². The quantitative estimate of drug-likeness (QED) is 0.813. The summed E-state index contributed by atoms with van der Waals surface area (Å²) in [5.74, 6) is 0.0545. The number of carbonyl (C=O) groups is 1. The maximum atomic E-state index is 10.6. The molecule has 3 heterocycles. The van der Waals surface area contributed by atoms with E-state index in [4.69, 9.17) is 9.52 Å². The fourth-order valence-corrected chi connectivity index (χ4v) is 3.56. The Morgan fingerprint density at radius 3 is 3.13 bits per heavy atom. The highest BCUT2D eigenvalue weighted by atomic mass is 32.2. The second-order valence-corrected chi connectivity index (χ2v) is 5.15. The van der Waals surface area contributed by atoms with Crippen LogP contribution in [-0.2, 0) is 0 Å². The third-order valence-corrected chi connectivity index (χ3v) is 4.25. The number of aromatic nitrogens is 1. The van der Waals surface area contributed by atoms with Gasteiger partial charge in [-0.15, -0.1) is 0 Å². The number of carboxylic acids is 1. The summed E-state index contributed by atoms with van der Waals surface area (Å²) < 4.78 is 5.19. The number of fused-ring (bicyclic) bond motifs is 2. The van der Waals surface area contributed by atoms with Crippen LogP contribution in [0.4, 0.5) is 6.01 Å². The molecule has 0 radical (unpaired) electrons. The number of carboxylic acid groups (broad SMARTS) is 1. The van der Waals surface area contributed by atoms with E-state index < -0.39 is 5.97 Å². The van der Waals surface area contributed by atoms with Crippen LogP contribution in [-0.4, -0.2) is 39.6 Å². The summed E-state index contributed by atoms with van der Waals surface area (Å²) in [5, 5.41) is 9.39. The number of nitrogens with zero attached hydrogens (tertiary/aromatic N) is 2. The van der Waals surface area contributed by atoms with E-state index in [1.807, 2.05) is 11.8 Å². The van der Waals surface area contributed by atoms with Gasteiger partial charge in [0.25, 0.3) is 6.01 Å². The van der Waals surface area contributed by atoms with Crippen molar-refractivity contribution >= 4 is 23.7 Å². The Morgan fingerprint density at radius 2 is 2.60 bits per heavy atom. The molecule has 2 fully saturated rings. The lowest BCUT2D eigenvalue weighted by Crippen LogP contribution is -2.34. The number of hydrogen-bond donors (Lipinski definition) is 1. The third kappa shape index (κ3) is 1.40. The van der Waals surface area contributed by atoms with Crippen molar-refractivity contribution in [3.8, 4) is 0 Å². The van der Waals surface area contributed by atoms with Gasteiger partial charge in [-0.1, -0.05) is 0 Å². The molecule has 2 unspecified atom stereocenters. The first-order chi connectivity index (χ1) is 7.24. The Kier molecular flexibility index (Phi) is 1.92. The second-order valence-electron chi connectivity index (χ2n) is 3.82. The maximum Gasteiger partial charge on any atom is 0.357 e. The highest BCUT2D eigenvalue weighted by Crippen LogP contribution is 2.39. The summed E-state index contributed by atoms with van der Waals surface area (Å²) >= 11 is 1.98. The zero-order chi connectivity index (χ0) is 10.4. The molecular formula is C9H10N2O3S. The lowest BCUT2D eigenvalue weighted by atomic mass is 10.2. The van der Waals surface area contributed by atoms with Gasteiger partial charge in [-0.2, -0.15) is 16.7 Å². The minimum Gasteiger partial charge on any atom is -0.476 e. The van der Waals surface area contributed by atoms with Crippen molar-refractivity contribution in [2.24, 2.45) is 0 Å². The fraction of sp³-hybridized carbons (Fsp3) is 0.556. The topological polar surface area (TPSA) is 66.6 Å². The average molecular weight is 226 g/mol. The first-order valence-corrected chi connectivity index (χ1v) is 5.86. The van der Waals surface area contributed by atoms with E-state index >= 15 is 0 Å². The SMILES string of the molecule is O=C(O)c1coc(N2CC3CC2CS3)n1. The molecule has 0 aromatic carbocycles. The van der Waals surface area contributed by atoms with E-state index in [0.29, 0.717) is 17.3 Å². The molecule has 5 nitrogen and oxygen atoms in total. The first kappa shape index (κ1) is 9.08. The fourth-order valence-electron chi connectivity index (χ4n) is 2.13. The van der Waals surface area contributed by atoms with Crippen LogP contribution in [0.3, 0.4) is 0 Å². The summed E-state index contributed by atoms with van der Waals surface area (Å²) in [7, 11) is 0. The normalized spacial score (nSPS) is 28.7. The van der Waals surface area contributed by atoms with Gasteiger partial charge in [0.2, 0.25) is 0 Å². The van der Waals surface area contributed by atoms with Crippen molar-refractivity contribution in [2.45, 2.75) is 17.7 Å². The van der Waals surface area contributed by atoms with Gasteiger partial charge >= 0.3 is 5.97 Å². The molecule has 0 amide bonds. The molecule has 3 rings (SSSR count). The van der Waals surface area contributed by atoms with E-state index in [9.17, 15) is 4.79 Å². The van der Waals surface area contributed by atoms with Crippen molar-refractivity contribution in [1.82, 2.24) is 4.98 Å². The van der Waals surface area contributed by atoms with Crippen LogP contribution in [0.2, 0.25) is 0 Å². The Labute approximate surface area is 90.5 Å². The Balaban J connectivity index is 1.84.